The van der Waals surface area contributed by atoms with Gasteiger partial charge < -0.3 is 9.84 Å². The summed E-state index contributed by atoms with van der Waals surface area (Å²) in [5.41, 5.74) is 2.48. The summed E-state index contributed by atoms with van der Waals surface area (Å²) in [4.78, 5) is 0. The van der Waals surface area contributed by atoms with Gasteiger partial charge in [-0.05, 0) is 45.1 Å². The molecule has 0 unspecified atom stereocenters. The first-order valence-corrected chi connectivity index (χ1v) is 7.47. The van der Waals surface area contributed by atoms with Crippen LogP contribution in [0, 0.1) is 12.8 Å². The van der Waals surface area contributed by atoms with Crippen molar-refractivity contribution in [2.24, 2.45) is 5.92 Å². The molecule has 2 saturated heterocycles. The van der Waals surface area contributed by atoms with E-state index in [1.807, 2.05) is 0 Å². The van der Waals surface area contributed by atoms with Crippen LogP contribution < -0.4 is 0 Å². The van der Waals surface area contributed by atoms with E-state index in [1.54, 1.807) is 0 Å². The van der Waals surface area contributed by atoms with Crippen LogP contribution in [-0.2, 0) is 11.2 Å². The summed E-state index contributed by atoms with van der Waals surface area (Å²) >= 11 is 0. The van der Waals surface area contributed by atoms with Gasteiger partial charge in [0.1, 0.15) is 0 Å². The zero-order valence-electron chi connectivity index (χ0n) is 12.0. The monoisotopic (exact) mass is 260 g/mol. The van der Waals surface area contributed by atoms with Gasteiger partial charge in [-0.25, -0.2) is 0 Å². The third kappa shape index (κ3) is 2.56. The third-order valence-corrected chi connectivity index (χ3v) is 4.83. The van der Waals surface area contributed by atoms with Crippen LogP contribution in [-0.4, -0.2) is 16.5 Å². The molecule has 0 aromatic heterocycles. The van der Waals surface area contributed by atoms with Gasteiger partial charge in [0.2, 0.25) is 0 Å². The molecule has 1 N–H and O–H groups in total. The second-order valence-corrected chi connectivity index (χ2v) is 6.69. The van der Waals surface area contributed by atoms with Crippen LogP contribution in [0.25, 0.3) is 0 Å². The molecule has 104 valence electrons. The Balaban J connectivity index is 1.79. The fraction of sp³-hybridized carbons (Fsp3) is 0.647. The van der Waals surface area contributed by atoms with E-state index in [0.717, 1.165) is 32.1 Å². The maximum absolute atomic E-state index is 10.8. The van der Waals surface area contributed by atoms with Gasteiger partial charge in [0.15, 0.2) is 5.79 Å². The Morgan fingerprint density at radius 3 is 2.63 bits per heavy atom. The Labute approximate surface area is 115 Å². The minimum atomic E-state index is -0.893. The Morgan fingerprint density at radius 1 is 1.21 bits per heavy atom. The molecule has 1 aromatic rings. The van der Waals surface area contributed by atoms with Crippen molar-refractivity contribution >= 4 is 0 Å². The van der Waals surface area contributed by atoms with E-state index < -0.39 is 5.79 Å². The normalized spacial score (nSPS) is 38.2. The molecular formula is C17H24O2. The third-order valence-electron chi connectivity index (χ3n) is 4.83. The molecule has 0 saturated carbocycles. The molecule has 2 nitrogen and oxygen atoms in total. The maximum Gasteiger partial charge on any atom is 0.169 e. The minimum absolute atomic E-state index is 0.111. The maximum atomic E-state index is 10.8. The molecule has 0 spiro atoms. The van der Waals surface area contributed by atoms with E-state index in [2.05, 4.69) is 38.1 Å². The lowest BCUT2D eigenvalue weighted by atomic mass is 9.80. The molecule has 0 radical (unpaired) electrons. The predicted octanol–water partition coefficient (Wildman–Crippen LogP) is 3.60. The van der Waals surface area contributed by atoms with E-state index >= 15 is 0 Å². The largest absolute Gasteiger partial charge is 0.365 e. The summed E-state index contributed by atoms with van der Waals surface area (Å²) in [5, 5.41) is 10.8. The first-order valence-electron chi connectivity index (χ1n) is 7.47. The molecule has 2 bridgehead atoms. The van der Waals surface area contributed by atoms with Crippen molar-refractivity contribution < 1.29 is 9.84 Å². The number of benzene rings is 1. The summed E-state index contributed by atoms with van der Waals surface area (Å²) in [6.07, 6.45) is 6.04. The first kappa shape index (κ1) is 13.1. The summed E-state index contributed by atoms with van der Waals surface area (Å²) in [5.74, 6) is -0.656. The highest BCUT2D eigenvalue weighted by atomic mass is 16.6. The van der Waals surface area contributed by atoms with Gasteiger partial charge in [0, 0.05) is 12.3 Å². The van der Waals surface area contributed by atoms with E-state index in [4.69, 9.17) is 4.74 Å². The minimum Gasteiger partial charge on any atom is -0.365 e. The summed E-state index contributed by atoms with van der Waals surface area (Å²) in [7, 11) is 0. The van der Waals surface area contributed by atoms with E-state index in [1.165, 1.54) is 17.5 Å². The Hall–Kier alpha value is -0.860. The number of aryl methyl sites for hydroxylation is 1. The highest BCUT2D eigenvalue weighted by Crippen LogP contribution is 2.49. The average Bonchev–Trinajstić information content (AvgIpc) is 2.50. The number of ether oxygens (including phenoxy) is 1. The van der Waals surface area contributed by atoms with Gasteiger partial charge in [-0.1, -0.05) is 36.2 Å². The molecule has 2 aliphatic heterocycles. The highest BCUT2D eigenvalue weighted by molar-refractivity contribution is 5.22. The Morgan fingerprint density at radius 2 is 1.89 bits per heavy atom. The second kappa shape index (κ2) is 4.60. The van der Waals surface area contributed by atoms with Crippen LogP contribution in [0.15, 0.2) is 24.3 Å². The molecular weight excluding hydrogens is 236 g/mol. The van der Waals surface area contributed by atoms with Crippen LogP contribution in [0.4, 0.5) is 0 Å². The lowest BCUT2D eigenvalue weighted by molar-refractivity contribution is -0.232. The molecule has 19 heavy (non-hydrogen) atoms. The van der Waals surface area contributed by atoms with Crippen molar-refractivity contribution in [3.05, 3.63) is 35.4 Å². The number of hydrogen-bond acceptors (Lipinski definition) is 2. The molecule has 0 amide bonds. The van der Waals surface area contributed by atoms with E-state index in [0.29, 0.717) is 0 Å². The topological polar surface area (TPSA) is 29.5 Å². The molecule has 2 aliphatic rings. The predicted molar refractivity (Wildman–Crippen MR) is 75.9 cm³/mol. The quantitative estimate of drug-likeness (QED) is 0.880. The fourth-order valence-corrected chi connectivity index (χ4v) is 3.76. The summed E-state index contributed by atoms with van der Waals surface area (Å²) < 4.78 is 6.06. The molecule has 2 heteroatoms. The Bertz CT molecular complexity index is 453. The van der Waals surface area contributed by atoms with E-state index in [9.17, 15) is 5.11 Å². The smallest absolute Gasteiger partial charge is 0.169 e. The van der Waals surface area contributed by atoms with Crippen molar-refractivity contribution in [2.45, 2.75) is 63.8 Å². The highest BCUT2D eigenvalue weighted by Gasteiger charge is 2.53. The summed E-state index contributed by atoms with van der Waals surface area (Å²) in [6.45, 7) is 4.27. The van der Waals surface area contributed by atoms with Crippen LogP contribution in [0.3, 0.4) is 0 Å². The van der Waals surface area contributed by atoms with Crippen LogP contribution >= 0.6 is 0 Å². The number of rotatable bonds is 2. The van der Waals surface area contributed by atoms with Crippen molar-refractivity contribution in [1.29, 1.82) is 0 Å². The molecule has 2 heterocycles. The molecule has 2 fully saturated rings. The van der Waals surface area contributed by atoms with Crippen LogP contribution in [0.2, 0.25) is 0 Å². The van der Waals surface area contributed by atoms with Gasteiger partial charge in [-0.3, -0.25) is 0 Å². The molecule has 3 rings (SSSR count). The van der Waals surface area contributed by atoms with Gasteiger partial charge in [-0.15, -0.1) is 0 Å². The molecule has 1 aromatic carbocycles. The second-order valence-electron chi connectivity index (χ2n) is 6.69. The number of aliphatic hydroxyl groups is 1. The SMILES string of the molecule is Cc1ccc(C[C@H]2C[C@@]3(C)CCCC[C@]2(O)O3)cc1. The van der Waals surface area contributed by atoms with Crippen molar-refractivity contribution in [2.75, 3.05) is 0 Å². The lowest BCUT2D eigenvalue weighted by Gasteiger charge is -2.29. The zero-order valence-corrected chi connectivity index (χ0v) is 12.0. The van der Waals surface area contributed by atoms with Crippen LogP contribution in [0.1, 0.15) is 50.2 Å². The van der Waals surface area contributed by atoms with Crippen LogP contribution in [0.5, 0.6) is 0 Å². The first-order chi connectivity index (χ1) is 8.99. The summed E-state index contributed by atoms with van der Waals surface area (Å²) in [6, 6.07) is 8.65. The molecule has 0 aliphatic carbocycles. The van der Waals surface area contributed by atoms with Gasteiger partial charge in [0.25, 0.3) is 0 Å². The van der Waals surface area contributed by atoms with Gasteiger partial charge in [-0.2, -0.15) is 0 Å². The lowest BCUT2D eigenvalue weighted by Crippen LogP contribution is -2.36. The van der Waals surface area contributed by atoms with Gasteiger partial charge >= 0.3 is 0 Å². The van der Waals surface area contributed by atoms with Crippen molar-refractivity contribution in [1.82, 2.24) is 0 Å². The zero-order chi connectivity index (χ0) is 13.5. The number of hydrogen-bond donors (Lipinski definition) is 1. The number of fused-ring (bicyclic) bond motifs is 2. The average molecular weight is 260 g/mol. The van der Waals surface area contributed by atoms with E-state index in [-0.39, 0.29) is 11.5 Å². The molecule has 3 atom stereocenters. The van der Waals surface area contributed by atoms with Crippen molar-refractivity contribution in [3.8, 4) is 0 Å². The standard InChI is InChI=1S/C17H24O2/c1-13-5-7-14(8-6-13)11-15-12-16(2)9-3-4-10-17(15,18)19-16/h5-8,15,18H,3-4,9-12H2,1-2H3/t15-,16+,17-/m0/s1. The van der Waals surface area contributed by atoms with Crippen molar-refractivity contribution in [3.63, 3.8) is 0 Å². The fourth-order valence-electron chi connectivity index (χ4n) is 3.76. The van der Waals surface area contributed by atoms with Gasteiger partial charge in [0.05, 0.1) is 5.60 Å². The Kier molecular flexibility index (Phi) is 3.18.